The molecule has 0 aliphatic heterocycles. The van der Waals surface area contributed by atoms with Crippen LogP contribution in [-0.2, 0) is 4.74 Å². The van der Waals surface area contributed by atoms with Crippen LogP contribution in [0.3, 0.4) is 0 Å². The first kappa shape index (κ1) is 14.5. The number of carbonyl (C=O) groups is 1. The molecular formula is C11H13NO5S. The van der Waals surface area contributed by atoms with Crippen molar-refractivity contribution in [2.24, 2.45) is 0 Å². The van der Waals surface area contributed by atoms with Crippen molar-refractivity contribution in [2.75, 3.05) is 19.5 Å². The van der Waals surface area contributed by atoms with E-state index in [-0.39, 0.29) is 11.3 Å². The molecule has 0 radical (unpaired) electrons. The first-order chi connectivity index (χ1) is 8.56. The van der Waals surface area contributed by atoms with E-state index in [0.29, 0.717) is 17.3 Å². The molecule has 0 aliphatic rings. The number of nitro benzene ring substituents is 1. The van der Waals surface area contributed by atoms with Crippen molar-refractivity contribution in [3.63, 3.8) is 0 Å². The highest BCUT2D eigenvalue weighted by Gasteiger charge is 2.15. The molecule has 1 aromatic rings. The fourth-order valence-electron chi connectivity index (χ4n) is 1.31. The van der Waals surface area contributed by atoms with Gasteiger partial charge in [0.05, 0.1) is 10.5 Å². The van der Waals surface area contributed by atoms with Crippen LogP contribution in [0.2, 0.25) is 0 Å². The van der Waals surface area contributed by atoms with Crippen molar-refractivity contribution < 1.29 is 19.6 Å². The highest BCUT2D eigenvalue weighted by molar-refractivity contribution is 7.99. The van der Waals surface area contributed by atoms with Crippen molar-refractivity contribution in [1.82, 2.24) is 0 Å². The number of hydrogen-bond donors (Lipinski definition) is 1. The number of non-ortho nitro benzene ring substituents is 1. The maximum Gasteiger partial charge on any atom is 0.336 e. The van der Waals surface area contributed by atoms with Crippen molar-refractivity contribution in [3.8, 4) is 0 Å². The van der Waals surface area contributed by atoms with Gasteiger partial charge in [0, 0.05) is 36.5 Å². The van der Waals surface area contributed by atoms with Crippen LogP contribution in [-0.4, -0.2) is 35.5 Å². The molecule has 18 heavy (non-hydrogen) atoms. The molecular weight excluding hydrogens is 258 g/mol. The summed E-state index contributed by atoms with van der Waals surface area (Å²) in [5.41, 5.74) is -0.0164. The number of methoxy groups -OCH3 is 1. The fraction of sp³-hybridized carbons (Fsp3) is 0.364. The molecule has 0 spiro atoms. The number of hydrogen-bond acceptors (Lipinski definition) is 5. The van der Waals surface area contributed by atoms with Crippen LogP contribution in [0.4, 0.5) is 5.69 Å². The standard InChI is InChI=1S/C11H13NO5S/c1-17-5-2-6-18-10-7-8(12(15)16)3-4-9(10)11(13)14/h3-4,7H,2,5-6H2,1H3,(H,13,14). The van der Waals surface area contributed by atoms with Crippen LogP contribution in [0.15, 0.2) is 23.1 Å². The second-order valence-electron chi connectivity index (χ2n) is 3.44. The Bertz CT molecular complexity index is 449. The predicted octanol–water partition coefficient (Wildman–Crippen LogP) is 2.42. The van der Waals surface area contributed by atoms with E-state index in [2.05, 4.69) is 0 Å². The second kappa shape index (κ2) is 6.97. The van der Waals surface area contributed by atoms with Crippen LogP contribution < -0.4 is 0 Å². The average Bonchev–Trinajstić information content (AvgIpc) is 2.34. The lowest BCUT2D eigenvalue weighted by Gasteiger charge is -2.05. The Hall–Kier alpha value is -1.60. The Balaban J connectivity index is 2.86. The molecule has 6 nitrogen and oxygen atoms in total. The zero-order valence-corrected chi connectivity index (χ0v) is 10.6. The van der Waals surface area contributed by atoms with Gasteiger partial charge >= 0.3 is 5.97 Å². The summed E-state index contributed by atoms with van der Waals surface area (Å²) in [6, 6.07) is 3.75. The van der Waals surface area contributed by atoms with Crippen molar-refractivity contribution in [1.29, 1.82) is 0 Å². The van der Waals surface area contributed by atoms with E-state index in [0.717, 1.165) is 6.42 Å². The Morgan fingerprint density at radius 1 is 1.56 bits per heavy atom. The Morgan fingerprint density at radius 3 is 2.83 bits per heavy atom. The number of benzene rings is 1. The quantitative estimate of drug-likeness (QED) is 0.354. The van der Waals surface area contributed by atoms with Gasteiger partial charge in [0.1, 0.15) is 0 Å². The maximum absolute atomic E-state index is 11.0. The summed E-state index contributed by atoms with van der Waals surface area (Å²) >= 11 is 1.28. The zero-order chi connectivity index (χ0) is 13.5. The number of thioether (sulfide) groups is 1. The third-order valence-electron chi connectivity index (χ3n) is 2.16. The third kappa shape index (κ3) is 4.01. The Labute approximate surface area is 108 Å². The van der Waals surface area contributed by atoms with E-state index in [1.165, 1.54) is 30.0 Å². The second-order valence-corrected chi connectivity index (χ2v) is 4.57. The number of aromatic carboxylic acids is 1. The predicted molar refractivity (Wildman–Crippen MR) is 67.3 cm³/mol. The van der Waals surface area contributed by atoms with Crippen LogP contribution in [0, 0.1) is 10.1 Å². The molecule has 0 bridgehead atoms. The van der Waals surface area contributed by atoms with E-state index in [9.17, 15) is 14.9 Å². The van der Waals surface area contributed by atoms with E-state index >= 15 is 0 Å². The average molecular weight is 271 g/mol. The van der Waals surface area contributed by atoms with Gasteiger partial charge in [-0.15, -0.1) is 11.8 Å². The zero-order valence-electron chi connectivity index (χ0n) is 9.79. The molecule has 0 heterocycles. The Morgan fingerprint density at radius 2 is 2.28 bits per heavy atom. The third-order valence-corrected chi connectivity index (χ3v) is 3.30. The summed E-state index contributed by atoms with van der Waals surface area (Å²) in [4.78, 5) is 21.5. The molecule has 0 amide bonds. The van der Waals surface area contributed by atoms with Gasteiger partial charge in [-0.2, -0.15) is 0 Å². The van der Waals surface area contributed by atoms with Crippen LogP contribution in [0.25, 0.3) is 0 Å². The van der Waals surface area contributed by atoms with Gasteiger partial charge in [-0.05, 0) is 12.5 Å². The van der Waals surface area contributed by atoms with Crippen LogP contribution in [0.5, 0.6) is 0 Å². The number of carboxylic acids is 1. The summed E-state index contributed by atoms with van der Waals surface area (Å²) in [5.74, 6) is -0.436. The molecule has 98 valence electrons. The molecule has 1 N–H and O–H groups in total. The number of carboxylic acid groups (broad SMARTS) is 1. The molecule has 1 rings (SSSR count). The molecule has 0 saturated carbocycles. The van der Waals surface area contributed by atoms with Gasteiger partial charge in [0.25, 0.3) is 5.69 Å². The lowest BCUT2D eigenvalue weighted by Crippen LogP contribution is -2.01. The number of nitro groups is 1. The van der Waals surface area contributed by atoms with E-state index in [1.54, 1.807) is 7.11 Å². The van der Waals surface area contributed by atoms with E-state index < -0.39 is 10.9 Å². The molecule has 0 aromatic heterocycles. The largest absolute Gasteiger partial charge is 0.478 e. The number of ether oxygens (including phenoxy) is 1. The molecule has 0 unspecified atom stereocenters. The van der Waals surface area contributed by atoms with Gasteiger partial charge in [-0.25, -0.2) is 4.79 Å². The van der Waals surface area contributed by atoms with Gasteiger partial charge in [0.2, 0.25) is 0 Å². The highest BCUT2D eigenvalue weighted by Crippen LogP contribution is 2.27. The topological polar surface area (TPSA) is 89.7 Å². The smallest absolute Gasteiger partial charge is 0.336 e. The molecule has 0 fully saturated rings. The van der Waals surface area contributed by atoms with Gasteiger partial charge in [-0.3, -0.25) is 10.1 Å². The normalized spacial score (nSPS) is 10.3. The molecule has 1 aromatic carbocycles. The van der Waals surface area contributed by atoms with Gasteiger partial charge in [0.15, 0.2) is 0 Å². The van der Waals surface area contributed by atoms with Gasteiger partial charge in [-0.1, -0.05) is 0 Å². The summed E-state index contributed by atoms with van der Waals surface area (Å²) in [5, 5.41) is 19.6. The molecule has 7 heteroatoms. The molecule has 0 atom stereocenters. The summed E-state index contributed by atoms with van der Waals surface area (Å²) in [6.45, 7) is 0.574. The fourth-order valence-corrected chi connectivity index (χ4v) is 2.30. The maximum atomic E-state index is 11.0. The summed E-state index contributed by atoms with van der Waals surface area (Å²) < 4.78 is 4.88. The lowest BCUT2D eigenvalue weighted by atomic mass is 10.2. The Kier molecular flexibility index (Phi) is 5.60. The van der Waals surface area contributed by atoms with E-state index in [1.807, 2.05) is 0 Å². The van der Waals surface area contributed by atoms with Crippen LogP contribution in [0.1, 0.15) is 16.8 Å². The van der Waals surface area contributed by atoms with Gasteiger partial charge < -0.3 is 9.84 Å². The van der Waals surface area contributed by atoms with Crippen molar-refractivity contribution in [3.05, 3.63) is 33.9 Å². The van der Waals surface area contributed by atoms with E-state index in [4.69, 9.17) is 9.84 Å². The monoisotopic (exact) mass is 271 g/mol. The minimum absolute atomic E-state index is 0.0861. The summed E-state index contributed by atoms with van der Waals surface area (Å²) in [6.07, 6.45) is 0.753. The number of nitrogens with zero attached hydrogens (tertiary/aromatic N) is 1. The summed E-state index contributed by atoms with van der Waals surface area (Å²) in [7, 11) is 1.58. The first-order valence-electron chi connectivity index (χ1n) is 5.19. The minimum Gasteiger partial charge on any atom is -0.478 e. The first-order valence-corrected chi connectivity index (χ1v) is 6.18. The molecule has 0 aliphatic carbocycles. The SMILES string of the molecule is COCCCSc1cc([N+](=O)[O-])ccc1C(=O)O. The van der Waals surface area contributed by atoms with Crippen molar-refractivity contribution in [2.45, 2.75) is 11.3 Å². The minimum atomic E-state index is -1.08. The lowest BCUT2D eigenvalue weighted by molar-refractivity contribution is -0.385. The number of rotatable bonds is 7. The highest BCUT2D eigenvalue weighted by atomic mass is 32.2. The van der Waals surface area contributed by atoms with Crippen LogP contribution >= 0.6 is 11.8 Å². The molecule has 0 saturated heterocycles. The van der Waals surface area contributed by atoms with Crippen molar-refractivity contribution >= 4 is 23.4 Å².